The van der Waals surface area contributed by atoms with Crippen molar-refractivity contribution in [2.45, 2.75) is 77.2 Å². The summed E-state index contributed by atoms with van der Waals surface area (Å²) >= 11 is 0. The summed E-state index contributed by atoms with van der Waals surface area (Å²) in [5.74, 6) is 0.0204. The number of nitrogens with zero attached hydrogens (tertiary/aromatic N) is 1. The van der Waals surface area contributed by atoms with Gasteiger partial charge in [0.2, 0.25) is 5.91 Å². The van der Waals surface area contributed by atoms with Crippen molar-refractivity contribution in [1.29, 1.82) is 0 Å². The molecule has 0 radical (unpaired) electrons. The van der Waals surface area contributed by atoms with Crippen molar-refractivity contribution in [3.05, 3.63) is 11.6 Å². The zero-order valence-electron chi connectivity index (χ0n) is 12.0. The summed E-state index contributed by atoms with van der Waals surface area (Å²) in [5.41, 5.74) is 0.742. The van der Waals surface area contributed by atoms with Gasteiger partial charge in [0.1, 0.15) is 0 Å². The fourth-order valence-corrected chi connectivity index (χ4v) is 3.13. The Balaban J connectivity index is 1.95. The molecule has 0 aromatic carbocycles. The van der Waals surface area contributed by atoms with Crippen molar-refractivity contribution in [3.8, 4) is 0 Å². The lowest BCUT2D eigenvalue weighted by Gasteiger charge is -2.29. The number of likely N-dealkylation sites (tertiary alicyclic amines) is 1. The van der Waals surface area contributed by atoms with Crippen LogP contribution in [0.3, 0.4) is 0 Å². The molecule has 0 aromatic heterocycles. The van der Waals surface area contributed by atoms with Crippen molar-refractivity contribution in [3.63, 3.8) is 0 Å². The molecule has 3 nitrogen and oxygen atoms in total. The molecule has 2 fully saturated rings. The lowest BCUT2D eigenvalue weighted by atomic mass is 9.94. The minimum Gasteiger partial charge on any atom is -0.275 e. The Kier molecular flexibility index (Phi) is 5.17. The van der Waals surface area contributed by atoms with Crippen LogP contribution in [0.2, 0.25) is 0 Å². The summed E-state index contributed by atoms with van der Waals surface area (Å²) in [6.45, 7) is 2.17. The van der Waals surface area contributed by atoms with Crippen LogP contribution in [0.4, 0.5) is 0 Å². The highest BCUT2D eigenvalue weighted by Gasteiger charge is 2.38. The Morgan fingerprint density at radius 2 is 1.89 bits per heavy atom. The van der Waals surface area contributed by atoms with Gasteiger partial charge >= 0.3 is 0 Å². The van der Waals surface area contributed by atoms with E-state index in [2.05, 4.69) is 6.92 Å². The normalized spacial score (nSPS) is 23.6. The molecule has 1 aliphatic heterocycles. The topological polar surface area (TPSA) is 37.4 Å². The van der Waals surface area contributed by atoms with E-state index in [-0.39, 0.29) is 17.9 Å². The summed E-state index contributed by atoms with van der Waals surface area (Å²) in [6, 6.07) is 0.176. The van der Waals surface area contributed by atoms with E-state index in [1.54, 1.807) is 4.90 Å². The van der Waals surface area contributed by atoms with Gasteiger partial charge in [0.15, 0.2) is 0 Å². The highest BCUT2D eigenvalue weighted by molar-refractivity contribution is 6.13. The molecule has 1 heterocycles. The second-order valence-corrected chi connectivity index (χ2v) is 5.76. The number of carbonyl (C=O) groups excluding carboxylic acids is 2. The van der Waals surface area contributed by atoms with Gasteiger partial charge in [-0.15, -0.1) is 0 Å². The van der Waals surface area contributed by atoms with Crippen LogP contribution in [0.5, 0.6) is 0 Å². The molecule has 0 bridgehead atoms. The van der Waals surface area contributed by atoms with E-state index < -0.39 is 0 Å². The third-order valence-corrected chi connectivity index (χ3v) is 4.24. The van der Waals surface area contributed by atoms with Crippen molar-refractivity contribution < 1.29 is 9.59 Å². The maximum Gasteiger partial charge on any atom is 0.256 e. The van der Waals surface area contributed by atoms with Crippen molar-refractivity contribution in [1.82, 2.24) is 4.90 Å². The van der Waals surface area contributed by atoms with Crippen LogP contribution in [0, 0.1) is 0 Å². The molecule has 0 atom stereocenters. The Morgan fingerprint density at radius 1 is 1.16 bits per heavy atom. The van der Waals surface area contributed by atoms with E-state index in [1.807, 2.05) is 6.08 Å². The summed E-state index contributed by atoms with van der Waals surface area (Å²) in [5, 5.41) is 0. The van der Waals surface area contributed by atoms with E-state index in [4.69, 9.17) is 0 Å². The molecule has 2 amide bonds. The molecule has 0 spiro atoms. The molecule has 1 saturated carbocycles. The number of imide groups is 1. The van der Waals surface area contributed by atoms with Gasteiger partial charge in [0.25, 0.3) is 5.91 Å². The molecule has 0 N–H and O–H groups in total. The second kappa shape index (κ2) is 6.88. The maximum atomic E-state index is 12.3. The third-order valence-electron chi connectivity index (χ3n) is 4.24. The van der Waals surface area contributed by atoms with E-state index in [9.17, 15) is 9.59 Å². The molecule has 2 rings (SSSR count). The molecule has 1 aliphatic carbocycles. The Hall–Kier alpha value is -1.12. The number of rotatable bonds is 5. The lowest BCUT2D eigenvalue weighted by molar-refractivity contribution is -0.141. The van der Waals surface area contributed by atoms with Crippen molar-refractivity contribution in [2.24, 2.45) is 0 Å². The third kappa shape index (κ3) is 3.46. The minimum atomic E-state index is -0.00611. The first-order chi connectivity index (χ1) is 9.24. The van der Waals surface area contributed by atoms with Gasteiger partial charge in [-0.05, 0) is 25.7 Å². The van der Waals surface area contributed by atoms with Gasteiger partial charge < -0.3 is 0 Å². The van der Waals surface area contributed by atoms with Crippen molar-refractivity contribution in [2.75, 3.05) is 0 Å². The average Bonchev–Trinajstić information content (AvgIpc) is 2.71. The first-order valence-corrected chi connectivity index (χ1v) is 7.79. The van der Waals surface area contributed by atoms with E-state index >= 15 is 0 Å². The fourth-order valence-electron chi connectivity index (χ4n) is 3.13. The Labute approximate surface area is 116 Å². The first-order valence-electron chi connectivity index (χ1n) is 7.79. The van der Waals surface area contributed by atoms with Gasteiger partial charge in [0, 0.05) is 11.6 Å². The fraction of sp³-hybridized carbons (Fsp3) is 0.750. The Morgan fingerprint density at radius 3 is 2.58 bits per heavy atom. The first kappa shape index (κ1) is 14.3. The largest absolute Gasteiger partial charge is 0.275 e. The smallest absolute Gasteiger partial charge is 0.256 e. The number of unbranched alkanes of at least 4 members (excludes halogenated alkanes) is 3. The summed E-state index contributed by atoms with van der Waals surface area (Å²) < 4.78 is 0. The molecular weight excluding hydrogens is 238 g/mol. The number of carbonyl (C=O) groups is 2. The molecule has 0 unspecified atom stereocenters. The van der Waals surface area contributed by atoms with Gasteiger partial charge in [-0.3, -0.25) is 14.5 Å². The zero-order valence-corrected chi connectivity index (χ0v) is 12.0. The zero-order chi connectivity index (χ0) is 13.7. The Bertz CT molecular complexity index is 367. The SMILES string of the molecule is CCCCCC=C1CC(=O)N(C2CCCCC2)C1=O. The van der Waals surface area contributed by atoms with Crippen molar-refractivity contribution >= 4 is 11.8 Å². The molecule has 3 heteroatoms. The van der Waals surface area contributed by atoms with Crippen LogP contribution in [0.1, 0.15) is 71.1 Å². The molecule has 106 valence electrons. The van der Waals surface area contributed by atoms with Crippen LogP contribution in [-0.4, -0.2) is 22.8 Å². The van der Waals surface area contributed by atoms with Gasteiger partial charge in [-0.1, -0.05) is 45.1 Å². The molecular formula is C16H25NO2. The van der Waals surface area contributed by atoms with Gasteiger partial charge in [0.05, 0.1) is 6.42 Å². The van der Waals surface area contributed by atoms with Gasteiger partial charge in [-0.25, -0.2) is 0 Å². The highest BCUT2D eigenvalue weighted by Crippen LogP contribution is 2.29. The molecule has 1 saturated heterocycles. The lowest BCUT2D eigenvalue weighted by Crippen LogP contribution is -2.40. The van der Waals surface area contributed by atoms with Crippen LogP contribution in [0.15, 0.2) is 11.6 Å². The average molecular weight is 263 g/mol. The predicted molar refractivity (Wildman–Crippen MR) is 75.6 cm³/mol. The molecule has 0 aromatic rings. The van der Waals surface area contributed by atoms with Crippen LogP contribution < -0.4 is 0 Å². The quantitative estimate of drug-likeness (QED) is 0.432. The number of hydrogen-bond acceptors (Lipinski definition) is 2. The van der Waals surface area contributed by atoms with E-state index in [0.29, 0.717) is 6.42 Å². The second-order valence-electron chi connectivity index (χ2n) is 5.76. The highest BCUT2D eigenvalue weighted by atomic mass is 16.2. The standard InChI is InChI=1S/C16H25NO2/c1-2-3-4-6-9-13-12-15(18)17(16(13)19)14-10-7-5-8-11-14/h9,14H,2-8,10-12H2,1H3. The van der Waals surface area contributed by atoms with Crippen LogP contribution in [-0.2, 0) is 9.59 Å². The number of allylic oxidation sites excluding steroid dienone is 1. The number of hydrogen-bond donors (Lipinski definition) is 0. The van der Waals surface area contributed by atoms with Crippen LogP contribution in [0.25, 0.3) is 0 Å². The maximum absolute atomic E-state index is 12.3. The molecule has 2 aliphatic rings. The van der Waals surface area contributed by atoms with Gasteiger partial charge in [-0.2, -0.15) is 0 Å². The van der Waals surface area contributed by atoms with E-state index in [0.717, 1.165) is 44.1 Å². The number of amides is 2. The summed E-state index contributed by atoms with van der Waals surface area (Å²) in [6.07, 6.45) is 12.3. The minimum absolute atomic E-state index is 0.00611. The molecule has 19 heavy (non-hydrogen) atoms. The summed E-state index contributed by atoms with van der Waals surface area (Å²) in [4.78, 5) is 25.9. The predicted octanol–water partition coefficient (Wildman–Crippen LogP) is 3.58. The van der Waals surface area contributed by atoms with E-state index in [1.165, 1.54) is 19.3 Å². The monoisotopic (exact) mass is 263 g/mol. The van der Waals surface area contributed by atoms with Crippen LogP contribution >= 0.6 is 0 Å². The summed E-state index contributed by atoms with van der Waals surface area (Å²) in [7, 11) is 0.